The van der Waals surface area contributed by atoms with Gasteiger partial charge in [0.2, 0.25) is 0 Å². The zero-order chi connectivity index (χ0) is 13.8. The zero-order valence-corrected chi connectivity index (χ0v) is 11.4. The first-order chi connectivity index (χ1) is 8.16. The van der Waals surface area contributed by atoms with Crippen LogP contribution in [0.1, 0.15) is 0 Å². The molecule has 0 spiro atoms. The molecule has 1 rings (SSSR count). The molecule has 0 bridgehead atoms. The maximum absolute atomic E-state index is 12.3. The van der Waals surface area contributed by atoms with Crippen LogP contribution in [0, 0.1) is 0 Å². The van der Waals surface area contributed by atoms with E-state index in [0.717, 1.165) is 0 Å². The average Bonchev–Trinajstić information content (AvgIpc) is 2.23. The minimum absolute atomic E-state index is 0.119. The molecule has 0 aromatic heterocycles. The molecule has 0 unspecified atom stereocenters. The molecule has 0 aromatic carbocycles. The SMILES string of the molecule is O=S(=O)(F)CCN1CCN(CCS(=O)(=O)F)CC1. The van der Waals surface area contributed by atoms with Crippen molar-refractivity contribution in [2.24, 2.45) is 0 Å². The van der Waals surface area contributed by atoms with Gasteiger partial charge in [-0.2, -0.15) is 16.8 Å². The third kappa shape index (κ3) is 7.19. The Balaban J connectivity index is 2.25. The first-order valence-corrected chi connectivity index (χ1v) is 8.56. The maximum Gasteiger partial charge on any atom is 0.303 e. The van der Waals surface area contributed by atoms with Crippen LogP contribution in [-0.4, -0.2) is 77.4 Å². The van der Waals surface area contributed by atoms with E-state index in [0.29, 0.717) is 26.2 Å². The van der Waals surface area contributed by atoms with E-state index in [4.69, 9.17) is 0 Å². The highest BCUT2D eigenvalue weighted by atomic mass is 32.3. The second-order valence-corrected chi connectivity index (χ2v) is 7.14. The molecule has 1 heterocycles. The predicted octanol–water partition coefficient (Wildman–Crippen LogP) is -0.797. The van der Waals surface area contributed by atoms with Gasteiger partial charge < -0.3 is 0 Å². The van der Waals surface area contributed by atoms with Crippen molar-refractivity contribution in [3.8, 4) is 0 Å². The summed E-state index contributed by atoms with van der Waals surface area (Å²) in [5.41, 5.74) is 0. The van der Waals surface area contributed by atoms with Crippen LogP contribution >= 0.6 is 0 Å². The maximum atomic E-state index is 12.3. The Morgan fingerprint density at radius 1 is 0.722 bits per heavy atom. The minimum atomic E-state index is -4.45. The summed E-state index contributed by atoms with van der Waals surface area (Å²) in [6.45, 7) is 2.30. The molecule has 1 aliphatic rings. The molecule has 0 saturated carbocycles. The van der Waals surface area contributed by atoms with Crippen LogP contribution in [0.3, 0.4) is 0 Å². The van der Waals surface area contributed by atoms with E-state index in [1.807, 2.05) is 0 Å². The van der Waals surface area contributed by atoms with Gasteiger partial charge >= 0.3 is 20.4 Å². The van der Waals surface area contributed by atoms with Crippen LogP contribution in [0.5, 0.6) is 0 Å². The lowest BCUT2D eigenvalue weighted by atomic mass is 10.3. The summed E-state index contributed by atoms with van der Waals surface area (Å²) in [6, 6.07) is 0. The Hall–Kier alpha value is -0.320. The van der Waals surface area contributed by atoms with Gasteiger partial charge in [-0.3, -0.25) is 9.80 Å². The van der Waals surface area contributed by atoms with Gasteiger partial charge in [0.15, 0.2) is 0 Å². The molecule has 1 aliphatic heterocycles. The summed E-state index contributed by atoms with van der Waals surface area (Å²) in [5.74, 6) is -1.07. The Morgan fingerprint density at radius 3 is 1.22 bits per heavy atom. The molecule has 6 nitrogen and oxygen atoms in total. The molecule has 0 aromatic rings. The second-order valence-electron chi connectivity index (χ2n) is 4.17. The van der Waals surface area contributed by atoms with Gasteiger partial charge in [0, 0.05) is 39.3 Å². The van der Waals surface area contributed by atoms with Gasteiger partial charge in [0.1, 0.15) is 0 Å². The lowest BCUT2D eigenvalue weighted by molar-refractivity contribution is 0.143. The van der Waals surface area contributed by atoms with Crippen LogP contribution in [0.4, 0.5) is 7.77 Å². The number of hydrogen-bond acceptors (Lipinski definition) is 6. The van der Waals surface area contributed by atoms with Crippen molar-refractivity contribution in [1.29, 1.82) is 0 Å². The first kappa shape index (κ1) is 15.7. The highest BCUT2D eigenvalue weighted by Gasteiger charge is 2.20. The number of rotatable bonds is 6. The zero-order valence-electron chi connectivity index (χ0n) is 9.76. The molecule has 0 aliphatic carbocycles. The van der Waals surface area contributed by atoms with Crippen molar-refractivity contribution in [3.63, 3.8) is 0 Å². The molecule has 10 heteroatoms. The normalized spacial score (nSPS) is 20.1. The van der Waals surface area contributed by atoms with Crippen LogP contribution in [0.25, 0.3) is 0 Å². The third-order valence-electron chi connectivity index (χ3n) is 2.77. The molecule has 1 fully saturated rings. The van der Waals surface area contributed by atoms with Gasteiger partial charge in [0.25, 0.3) is 0 Å². The van der Waals surface area contributed by atoms with Gasteiger partial charge in [-0.25, -0.2) is 0 Å². The Labute approximate surface area is 106 Å². The number of piperazine rings is 1. The van der Waals surface area contributed by atoms with Crippen LogP contribution in [0.2, 0.25) is 0 Å². The van der Waals surface area contributed by atoms with Crippen LogP contribution in [0.15, 0.2) is 0 Å². The molecule has 0 amide bonds. The summed E-state index contributed by atoms with van der Waals surface area (Å²) in [4.78, 5) is 3.55. The molecule has 108 valence electrons. The smallest absolute Gasteiger partial charge is 0.300 e. The quantitative estimate of drug-likeness (QED) is 0.598. The van der Waals surface area contributed by atoms with E-state index in [1.165, 1.54) is 0 Å². The lowest BCUT2D eigenvalue weighted by Gasteiger charge is -2.34. The fourth-order valence-electron chi connectivity index (χ4n) is 1.71. The highest BCUT2D eigenvalue weighted by molar-refractivity contribution is 7.86. The number of halogens is 2. The van der Waals surface area contributed by atoms with E-state index in [-0.39, 0.29) is 13.1 Å². The average molecular weight is 306 g/mol. The summed E-state index contributed by atoms with van der Waals surface area (Å²) < 4.78 is 66.0. The molecule has 1 saturated heterocycles. The van der Waals surface area contributed by atoms with Gasteiger partial charge in [-0.05, 0) is 0 Å². The molecule has 0 N–H and O–H groups in total. The van der Waals surface area contributed by atoms with Gasteiger partial charge in [-0.1, -0.05) is 0 Å². The Kier molecular flexibility index (Phi) is 5.44. The fraction of sp³-hybridized carbons (Fsp3) is 1.00. The fourth-order valence-corrected chi connectivity index (χ4v) is 2.67. The number of hydrogen-bond donors (Lipinski definition) is 0. The molecule has 0 atom stereocenters. The Morgan fingerprint density at radius 2 is 1.00 bits per heavy atom. The summed E-state index contributed by atoms with van der Waals surface area (Å²) in [6.07, 6.45) is 0. The van der Waals surface area contributed by atoms with E-state index >= 15 is 0 Å². The van der Waals surface area contributed by atoms with Crippen molar-refractivity contribution in [2.45, 2.75) is 0 Å². The van der Waals surface area contributed by atoms with Crippen molar-refractivity contribution < 1.29 is 24.6 Å². The third-order valence-corrected chi connectivity index (χ3v) is 4.11. The largest absolute Gasteiger partial charge is 0.303 e. The van der Waals surface area contributed by atoms with Crippen LogP contribution < -0.4 is 0 Å². The molecule has 18 heavy (non-hydrogen) atoms. The Bertz CT molecular complexity index is 413. The molecular weight excluding hydrogens is 290 g/mol. The van der Waals surface area contributed by atoms with E-state index < -0.39 is 32.0 Å². The second kappa shape index (κ2) is 6.22. The van der Waals surface area contributed by atoms with Gasteiger partial charge in [-0.15, -0.1) is 7.77 Å². The topological polar surface area (TPSA) is 74.8 Å². The van der Waals surface area contributed by atoms with Gasteiger partial charge in [0.05, 0.1) is 11.5 Å². The summed E-state index contributed by atoms with van der Waals surface area (Å²) in [5, 5.41) is 0. The van der Waals surface area contributed by atoms with Crippen molar-refractivity contribution in [1.82, 2.24) is 9.80 Å². The first-order valence-electron chi connectivity index (χ1n) is 5.45. The predicted molar refractivity (Wildman–Crippen MR) is 62.7 cm³/mol. The summed E-state index contributed by atoms with van der Waals surface area (Å²) in [7, 11) is -8.90. The standard InChI is InChI=1S/C8H16F2N2O4S2/c9-17(13,14)7-5-11-1-2-12(4-3-11)6-8-18(10,15)16/h1-8H2. The van der Waals surface area contributed by atoms with E-state index in [1.54, 1.807) is 9.80 Å². The number of nitrogens with zero attached hydrogens (tertiary/aromatic N) is 2. The monoisotopic (exact) mass is 306 g/mol. The van der Waals surface area contributed by atoms with Crippen molar-refractivity contribution >= 4 is 20.4 Å². The van der Waals surface area contributed by atoms with E-state index in [9.17, 15) is 24.6 Å². The van der Waals surface area contributed by atoms with Crippen LogP contribution in [-0.2, 0) is 20.4 Å². The lowest BCUT2D eigenvalue weighted by Crippen LogP contribution is -2.48. The highest BCUT2D eigenvalue weighted by Crippen LogP contribution is 2.04. The molecular formula is C8H16F2N2O4S2. The van der Waals surface area contributed by atoms with E-state index in [2.05, 4.69) is 0 Å². The minimum Gasteiger partial charge on any atom is -0.300 e. The van der Waals surface area contributed by atoms with Crippen molar-refractivity contribution in [3.05, 3.63) is 0 Å². The molecule has 0 radical (unpaired) electrons. The van der Waals surface area contributed by atoms with Crippen molar-refractivity contribution in [2.75, 3.05) is 50.8 Å². The summed E-state index contributed by atoms with van der Waals surface area (Å²) >= 11 is 0.